The molecule has 0 atom stereocenters. The molecule has 0 saturated carbocycles. The number of nitrogens with zero attached hydrogens (tertiary/aromatic N) is 1. The van der Waals surface area contributed by atoms with Gasteiger partial charge in [-0.3, -0.25) is 4.90 Å². The van der Waals surface area contributed by atoms with Gasteiger partial charge in [0.1, 0.15) is 0 Å². The van der Waals surface area contributed by atoms with Crippen molar-refractivity contribution in [3.8, 4) is 5.75 Å². The molecule has 0 spiro atoms. The van der Waals surface area contributed by atoms with Crippen LogP contribution in [0.3, 0.4) is 0 Å². The predicted molar refractivity (Wildman–Crippen MR) is 64.2 cm³/mol. The molecule has 0 bridgehead atoms. The van der Waals surface area contributed by atoms with Crippen LogP contribution in [-0.4, -0.2) is 36.3 Å². The lowest BCUT2D eigenvalue weighted by Crippen LogP contribution is -2.35. The maximum Gasteiger partial charge on any atom is 0.152 e. The van der Waals surface area contributed by atoms with Gasteiger partial charge in [-0.05, 0) is 17.7 Å². The monoisotopic (exact) mass is 261 g/mol. The number of morpholine rings is 1. The average Bonchev–Trinajstić information content (AvgIpc) is 2.27. The van der Waals surface area contributed by atoms with E-state index in [-0.39, 0.29) is 5.75 Å². The molecule has 1 heterocycles. The van der Waals surface area contributed by atoms with Crippen LogP contribution in [0.4, 0.5) is 0 Å². The van der Waals surface area contributed by atoms with Crippen LogP contribution in [0.25, 0.3) is 0 Å². The van der Waals surface area contributed by atoms with Crippen LogP contribution < -0.4 is 0 Å². The number of halogens is 2. The molecular formula is C11H13Cl2NO2. The topological polar surface area (TPSA) is 32.7 Å². The highest BCUT2D eigenvalue weighted by Gasteiger charge is 2.13. The Morgan fingerprint density at radius 1 is 1.19 bits per heavy atom. The van der Waals surface area contributed by atoms with Crippen molar-refractivity contribution in [2.45, 2.75) is 6.54 Å². The minimum atomic E-state index is -0.0472. The molecule has 1 aliphatic heterocycles. The van der Waals surface area contributed by atoms with Gasteiger partial charge in [-0.15, -0.1) is 0 Å². The molecular weight excluding hydrogens is 249 g/mol. The maximum atomic E-state index is 9.44. The molecule has 16 heavy (non-hydrogen) atoms. The highest BCUT2D eigenvalue weighted by atomic mass is 35.5. The largest absolute Gasteiger partial charge is 0.505 e. The fourth-order valence-corrected chi connectivity index (χ4v) is 2.26. The zero-order valence-corrected chi connectivity index (χ0v) is 10.3. The third kappa shape index (κ3) is 2.80. The SMILES string of the molecule is Oc1c(Cl)cc(CN2CCOCC2)cc1Cl. The first-order valence-corrected chi connectivity index (χ1v) is 5.89. The Morgan fingerprint density at radius 2 is 1.75 bits per heavy atom. The molecule has 0 amide bonds. The van der Waals surface area contributed by atoms with Gasteiger partial charge in [-0.1, -0.05) is 23.2 Å². The zero-order valence-electron chi connectivity index (χ0n) is 8.75. The normalized spacial score (nSPS) is 17.6. The first kappa shape index (κ1) is 12.0. The van der Waals surface area contributed by atoms with Crippen LogP contribution in [0.1, 0.15) is 5.56 Å². The fraction of sp³-hybridized carbons (Fsp3) is 0.455. The van der Waals surface area contributed by atoms with Crippen LogP contribution >= 0.6 is 23.2 Å². The van der Waals surface area contributed by atoms with Gasteiger partial charge in [0.2, 0.25) is 0 Å². The van der Waals surface area contributed by atoms with Crippen LogP contribution in [0.5, 0.6) is 5.75 Å². The van der Waals surface area contributed by atoms with E-state index in [0.29, 0.717) is 10.0 Å². The third-order valence-corrected chi connectivity index (χ3v) is 3.16. The van der Waals surface area contributed by atoms with Crippen molar-refractivity contribution in [2.75, 3.05) is 26.3 Å². The van der Waals surface area contributed by atoms with E-state index in [1.165, 1.54) is 0 Å². The summed E-state index contributed by atoms with van der Waals surface area (Å²) in [6, 6.07) is 3.50. The number of phenols is 1. The Balaban J connectivity index is 2.09. The molecule has 1 fully saturated rings. The van der Waals surface area contributed by atoms with Crippen molar-refractivity contribution in [2.24, 2.45) is 0 Å². The minimum absolute atomic E-state index is 0.0472. The van der Waals surface area contributed by atoms with Gasteiger partial charge in [0.25, 0.3) is 0 Å². The van der Waals surface area contributed by atoms with E-state index < -0.39 is 0 Å². The number of benzene rings is 1. The standard InChI is InChI=1S/C11H13Cl2NO2/c12-9-5-8(6-10(13)11(9)15)7-14-1-3-16-4-2-14/h5-6,15H,1-4,7H2. The fourth-order valence-electron chi connectivity index (χ4n) is 1.73. The van der Waals surface area contributed by atoms with Gasteiger partial charge in [0.05, 0.1) is 23.3 Å². The summed E-state index contributed by atoms with van der Waals surface area (Å²) in [6.45, 7) is 4.13. The van der Waals surface area contributed by atoms with Gasteiger partial charge in [0, 0.05) is 19.6 Å². The summed E-state index contributed by atoms with van der Waals surface area (Å²) >= 11 is 11.7. The van der Waals surface area contributed by atoms with Crippen LogP contribution in [-0.2, 0) is 11.3 Å². The number of phenolic OH excluding ortho intramolecular Hbond substituents is 1. The Kier molecular flexibility index (Phi) is 3.92. The first-order valence-electron chi connectivity index (χ1n) is 5.14. The smallest absolute Gasteiger partial charge is 0.152 e. The second kappa shape index (κ2) is 5.23. The Bertz CT molecular complexity index is 355. The zero-order chi connectivity index (χ0) is 11.5. The molecule has 0 aromatic heterocycles. The molecule has 1 aromatic rings. The van der Waals surface area contributed by atoms with E-state index in [2.05, 4.69) is 4.90 Å². The average molecular weight is 262 g/mol. The van der Waals surface area contributed by atoms with E-state index in [1.807, 2.05) is 0 Å². The van der Waals surface area contributed by atoms with Crippen molar-refractivity contribution in [3.63, 3.8) is 0 Å². The lowest BCUT2D eigenvalue weighted by molar-refractivity contribution is 0.0342. The molecule has 5 heteroatoms. The summed E-state index contributed by atoms with van der Waals surface area (Å²) in [7, 11) is 0. The summed E-state index contributed by atoms with van der Waals surface area (Å²) in [4.78, 5) is 2.27. The second-order valence-corrected chi connectivity index (χ2v) is 4.61. The molecule has 1 N–H and O–H groups in total. The van der Waals surface area contributed by atoms with E-state index in [1.54, 1.807) is 12.1 Å². The summed E-state index contributed by atoms with van der Waals surface area (Å²) in [5.74, 6) is -0.0472. The number of hydrogen-bond donors (Lipinski definition) is 1. The molecule has 0 aliphatic carbocycles. The van der Waals surface area contributed by atoms with Crippen molar-refractivity contribution >= 4 is 23.2 Å². The van der Waals surface area contributed by atoms with Gasteiger partial charge in [-0.25, -0.2) is 0 Å². The molecule has 3 nitrogen and oxygen atoms in total. The Hall–Kier alpha value is -0.480. The number of aromatic hydroxyl groups is 1. The summed E-state index contributed by atoms with van der Waals surface area (Å²) in [5, 5.41) is 10.0. The van der Waals surface area contributed by atoms with E-state index in [9.17, 15) is 5.11 Å². The van der Waals surface area contributed by atoms with Gasteiger partial charge >= 0.3 is 0 Å². The predicted octanol–water partition coefficient (Wildman–Crippen LogP) is 2.53. The van der Waals surface area contributed by atoms with Crippen molar-refractivity contribution in [3.05, 3.63) is 27.7 Å². The van der Waals surface area contributed by atoms with Gasteiger partial charge < -0.3 is 9.84 Å². The summed E-state index contributed by atoms with van der Waals surface area (Å²) in [6.07, 6.45) is 0. The molecule has 1 aliphatic rings. The van der Waals surface area contributed by atoms with Crippen molar-refractivity contribution < 1.29 is 9.84 Å². The van der Waals surface area contributed by atoms with E-state index in [0.717, 1.165) is 38.4 Å². The molecule has 0 radical (unpaired) electrons. The lowest BCUT2D eigenvalue weighted by Gasteiger charge is -2.26. The van der Waals surface area contributed by atoms with Crippen molar-refractivity contribution in [1.82, 2.24) is 4.90 Å². The van der Waals surface area contributed by atoms with Crippen LogP contribution in [0.2, 0.25) is 10.0 Å². The highest BCUT2D eigenvalue weighted by Crippen LogP contribution is 2.33. The van der Waals surface area contributed by atoms with Gasteiger partial charge in [0.15, 0.2) is 5.75 Å². The molecule has 0 unspecified atom stereocenters. The van der Waals surface area contributed by atoms with Crippen LogP contribution in [0.15, 0.2) is 12.1 Å². The van der Waals surface area contributed by atoms with Crippen LogP contribution in [0, 0.1) is 0 Å². The maximum absolute atomic E-state index is 9.44. The van der Waals surface area contributed by atoms with E-state index in [4.69, 9.17) is 27.9 Å². The lowest BCUT2D eigenvalue weighted by atomic mass is 10.2. The highest BCUT2D eigenvalue weighted by molar-refractivity contribution is 6.37. The molecule has 2 rings (SSSR count). The quantitative estimate of drug-likeness (QED) is 0.889. The molecule has 1 aromatic carbocycles. The third-order valence-electron chi connectivity index (χ3n) is 2.59. The van der Waals surface area contributed by atoms with Gasteiger partial charge in [-0.2, -0.15) is 0 Å². The number of ether oxygens (including phenoxy) is 1. The Morgan fingerprint density at radius 3 is 2.31 bits per heavy atom. The number of rotatable bonds is 2. The number of hydrogen-bond acceptors (Lipinski definition) is 3. The molecule has 1 saturated heterocycles. The summed E-state index contributed by atoms with van der Waals surface area (Å²) < 4.78 is 5.27. The minimum Gasteiger partial charge on any atom is -0.505 e. The molecule has 88 valence electrons. The summed E-state index contributed by atoms with van der Waals surface area (Å²) in [5.41, 5.74) is 1.01. The Labute approximate surface area is 105 Å². The van der Waals surface area contributed by atoms with E-state index >= 15 is 0 Å². The second-order valence-electron chi connectivity index (χ2n) is 3.80. The van der Waals surface area contributed by atoms with Crippen molar-refractivity contribution in [1.29, 1.82) is 0 Å². The first-order chi connectivity index (χ1) is 7.66.